The lowest BCUT2D eigenvalue weighted by molar-refractivity contribution is 0.102. The molecule has 3 rings (SSSR count). The molecule has 0 bridgehead atoms. The summed E-state index contributed by atoms with van der Waals surface area (Å²) in [5, 5.41) is 3.39. The van der Waals surface area contributed by atoms with Crippen molar-refractivity contribution < 1.29 is 9.18 Å². The van der Waals surface area contributed by atoms with Gasteiger partial charge in [-0.2, -0.15) is 0 Å². The molecule has 3 nitrogen and oxygen atoms in total. The average Bonchev–Trinajstić information content (AvgIpc) is 2.88. The maximum absolute atomic E-state index is 13.1. The minimum Gasteiger partial charge on any atom is -0.298 e. The summed E-state index contributed by atoms with van der Waals surface area (Å²) in [6.07, 6.45) is 0. The number of benzene rings is 2. The molecule has 1 aromatic heterocycles. The Bertz CT molecular complexity index is 900. The molecule has 0 saturated heterocycles. The summed E-state index contributed by atoms with van der Waals surface area (Å²) in [5.74, 6) is -0.457. The Morgan fingerprint density at radius 3 is 2.46 bits per heavy atom. The summed E-state index contributed by atoms with van der Waals surface area (Å²) in [6.45, 7) is 5.84. The van der Waals surface area contributed by atoms with Crippen LogP contribution in [0.1, 0.15) is 26.4 Å². The Hall–Kier alpha value is -2.53. The molecule has 0 unspecified atom stereocenters. The van der Waals surface area contributed by atoms with E-state index >= 15 is 0 Å². The minimum absolute atomic E-state index is 0.174. The van der Waals surface area contributed by atoms with Gasteiger partial charge in [-0.3, -0.25) is 10.1 Å². The van der Waals surface area contributed by atoms with Gasteiger partial charge >= 0.3 is 0 Å². The van der Waals surface area contributed by atoms with Crippen molar-refractivity contribution in [1.29, 1.82) is 0 Å². The van der Waals surface area contributed by atoms with Crippen molar-refractivity contribution in [2.24, 2.45) is 0 Å². The number of carbonyl (C=O) groups is 1. The number of thiazole rings is 1. The molecule has 0 atom stereocenters. The van der Waals surface area contributed by atoms with Gasteiger partial charge in [0.15, 0.2) is 5.13 Å². The summed E-state index contributed by atoms with van der Waals surface area (Å²) in [6, 6.07) is 11.9. The first-order valence-corrected chi connectivity index (χ1v) is 8.37. The molecule has 0 spiro atoms. The van der Waals surface area contributed by atoms with Crippen LogP contribution in [-0.4, -0.2) is 10.9 Å². The predicted molar refractivity (Wildman–Crippen MR) is 96.1 cm³/mol. The Morgan fingerprint density at radius 2 is 1.79 bits per heavy atom. The highest BCUT2D eigenvalue weighted by Crippen LogP contribution is 2.30. The van der Waals surface area contributed by atoms with Crippen LogP contribution in [0.15, 0.2) is 42.5 Å². The quantitative estimate of drug-likeness (QED) is 0.718. The van der Waals surface area contributed by atoms with Gasteiger partial charge in [0.25, 0.3) is 5.91 Å². The Kier molecular flexibility index (Phi) is 4.44. The number of rotatable bonds is 3. The van der Waals surface area contributed by atoms with Gasteiger partial charge in [0, 0.05) is 16.0 Å². The van der Waals surface area contributed by atoms with Crippen molar-refractivity contribution >= 4 is 22.4 Å². The molecule has 1 amide bonds. The maximum Gasteiger partial charge on any atom is 0.257 e. The number of carbonyl (C=O) groups excluding carboxylic acids is 1. The largest absolute Gasteiger partial charge is 0.298 e. The fourth-order valence-corrected chi connectivity index (χ4v) is 3.39. The van der Waals surface area contributed by atoms with Crippen molar-refractivity contribution in [3.05, 3.63) is 69.8 Å². The molecule has 0 fully saturated rings. The van der Waals surface area contributed by atoms with Gasteiger partial charge in [0.2, 0.25) is 0 Å². The summed E-state index contributed by atoms with van der Waals surface area (Å²) in [4.78, 5) is 17.9. The molecule has 5 heteroatoms. The number of aromatic nitrogens is 1. The number of amides is 1. The third-order valence-electron chi connectivity index (χ3n) is 3.76. The second-order valence-corrected chi connectivity index (χ2v) is 6.91. The van der Waals surface area contributed by atoms with E-state index in [0.29, 0.717) is 10.7 Å². The van der Waals surface area contributed by atoms with E-state index < -0.39 is 0 Å². The molecule has 0 aliphatic carbocycles. The van der Waals surface area contributed by atoms with Crippen LogP contribution in [0.3, 0.4) is 0 Å². The van der Waals surface area contributed by atoms with Crippen molar-refractivity contribution in [1.82, 2.24) is 4.98 Å². The zero-order valence-electron chi connectivity index (χ0n) is 13.7. The van der Waals surface area contributed by atoms with E-state index in [1.807, 2.05) is 39.0 Å². The molecule has 2 aromatic carbocycles. The fourth-order valence-electron chi connectivity index (χ4n) is 2.56. The highest BCUT2D eigenvalue weighted by Gasteiger charge is 2.14. The number of nitrogens with zero attached hydrogens (tertiary/aromatic N) is 1. The zero-order chi connectivity index (χ0) is 17.3. The second kappa shape index (κ2) is 6.53. The minimum atomic E-state index is -0.282. The van der Waals surface area contributed by atoms with Crippen LogP contribution in [-0.2, 0) is 0 Å². The van der Waals surface area contributed by atoms with Crippen LogP contribution in [0.5, 0.6) is 0 Å². The molecule has 122 valence electrons. The number of aryl methyl sites for hydroxylation is 3. The van der Waals surface area contributed by atoms with Crippen molar-refractivity contribution in [3.63, 3.8) is 0 Å². The topological polar surface area (TPSA) is 42.0 Å². The van der Waals surface area contributed by atoms with E-state index in [4.69, 9.17) is 0 Å². The third kappa shape index (κ3) is 3.36. The van der Waals surface area contributed by atoms with Crippen LogP contribution in [0.25, 0.3) is 11.3 Å². The standard InChI is InChI=1S/C19H17FN2OS/c1-11-4-9-16(12(2)10-11)18(23)22-19-21-17(13(3)24-19)14-5-7-15(20)8-6-14/h4-10H,1-3H3,(H,21,22,23). The predicted octanol–water partition coefficient (Wildman–Crippen LogP) is 5.13. The first-order chi connectivity index (χ1) is 11.4. The van der Waals surface area contributed by atoms with E-state index in [1.54, 1.807) is 12.1 Å². The van der Waals surface area contributed by atoms with Gasteiger partial charge in [-0.05, 0) is 56.7 Å². The van der Waals surface area contributed by atoms with Gasteiger partial charge in [-0.25, -0.2) is 9.37 Å². The molecule has 1 N–H and O–H groups in total. The molecule has 0 aliphatic rings. The highest BCUT2D eigenvalue weighted by atomic mass is 32.1. The van der Waals surface area contributed by atoms with E-state index in [2.05, 4.69) is 10.3 Å². The van der Waals surface area contributed by atoms with Gasteiger partial charge < -0.3 is 0 Å². The highest BCUT2D eigenvalue weighted by molar-refractivity contribution is 7.16. The van der Waals surface area contributed by atoms with E-state index in [-0.39, 0.29) is 11.7 Å². The summed E-state index contributed by atoms with van der Waals surface area (Å²) >= 11 is 1.41. The van der Waals surface area contributed by atoms with Gasteiger partial charge in [-0.1, -0.05) is 17.7 Å². The maximum atomic E-state index is 13.1. The summed E-state index contributed by atoms with van der Waals surface area (Å²) in [5.41, 5.74) is 4.28. The molecule has 24 heavy (non-hydrogen) atoms. The SMILES string of the molecule is Cc1ccc(C(=O)Nc2nc(-c3ccc(F)cc3)c(C)s2)c(C)c1. The molecule has 3 aromatic rings. The Balaban J connectivity index is 1.85. The second-order valence-electron chi connectivity index (χ2n) is 5.70. The number of hydrogen-bond donors (Lipinski definition) is 1. The van der Waals surface area contributed by atoms with E-state index in [9.17, 15) is 9.18 Å². The lowest BCUT2D eigenvalue weighted by Crippen LogP contribution is -2.13. The fraction of sp³-hybridized carbons (Fsp3) is 0.158. The molecule has 1 heterocycles. The third-order valence-corrected chi connectivity index (χ3v) is 4.65. The monoisotopic (exact) mass is 340 g/mol. The molecular formula is C19H17FN2OS. The first kappa shape index (κ1) is 16.3. The van der Waals surface area contributed by atoms with Crippen LogP contribution in [0, 0.1) is 26.6 Å². The molecular weight excluding hydrogens is 323 g/mol. The molecule has 0 aliphatic heterocycles. The summed E-state index contributed by atoms with van der Waals surface area (Å²) < 4.78 is 13.1. The summed E-state index contributed by atoms with van der Waals surface area (Å²) in [7, 11) is 0. The van der Waals surface area contributed by atoms with Crippen LogP contribution >= 0.6 is 11.3 Å². The van der Waals surface area contributed by atoms with Crippen molar-refractivity contribution in [2.45, 2.75) is 20.8 Å². The van der Waals surface area contributed by atoms with Crippen LogP contribution < -0.4 is 5.32 Å². The number of nitrogens with one attached hydrogen (secondary N) is 1. The zero-order valence-corrected chi connectivity index (χ0v) is 14.5. The van der Waals surface area contributed by atoms with Crippen molar-refractivity contribution in [2.75, 3.05) is 5.32 Å². The van der Waals surface area contributed by atoms with Gasteiger partial charge in [0.05, 0.1) is 5.69 Å². The molecule has 0 radical (unpaired) electrons. The Labute approximate surface area is 144 Å². The number of hydrogen-bond acceptors (Lipinski definition) is 3. The normalized spacial score (nSPS) is 10.7. The van der Waals surface area contributed by atoms with Crippen molar-refractivity contribution in [3.8, 4) is 11.3 Å². The smallest absolute Gasteiger partial charge is 0.257 e. The Morgan fingerprint density at radius 1 is 1.08 bits per heavy atom. The average molecular weight is 340 g/mol. The lowest BCUT2D eigenvalue weighted by atomic mass is 10.1. The van der Waals surface area contributed by atoms with Crippen LogP contribution in [0.2, 0.25) is 0 Å². The van der Waals surface area contributed by atoms with E-state index in [0.717, 1.165) is 27.3 Å². The molecule has 0 saturated carbocycles. The number of halogens is 1. The van der Waals surface area contributed by atoms with E-state index in [1.165, 1.54) is 23.5 Å². The van der Waals surface area contributed by atoms with Gasteiger partial charge in [-0.15, -0.1) is 11.3 Å². The first-order valence-electron chi connectivity index (χ1n) is 7.56. The van der Waals surface area contributed by atoms with Gasteiger partial charge in [0.1, 0.15) is 5.82 Å². The number of anilines is 1. The lowest BCUT2D eigenvalue weighted by Gasteiger charge is -2.06. The van der Waals surface area contributed by atoms with Crippen LogP contribution in [0.4, 0.5) is 9.52 Å².